The number of carbonyl (C=O) groups excluding carboxylic acids is 1. The fraction of sp³-hybridized carbons (Fsp3) is 0.462. The Labute approximate surface area is 110 Å². The van der Waals surface area contributed by atoms with E-state index >= 15 is 0 Å². The minimum Gasteiger partial charge on any atom is -0.434 e. The van der Waals surface area contributed by atoms with Gasteiger partial charge < -0.3 is 15.4 Å². The quantitative estimate of drug-likeness (QED) is 0.909. The van der Waals surface area contributed by atoms with Gasteiger partial charge >= 0.3 is 6.61 Å². The molecule has 1 heterocycles. The summed E-state index contributed by atoms with van der Waals surface area (Å²) in [6, 6.07) is 5.93. The van der Waals surface area contributed by atoms with E-state index in [0.29, 0.717) is 13.1 Å². The lowest BCUT2D eigenvalue weighted by Gasteiger charge is -2.18. The molecule has 1 aliphatic rings. The molecule has 1 fully saturated rings. The minimum atomic E-state index is -2.95. The van der Waals surface area contributed by atoms with E-state index in [2.05, 4.69) is 4.74 Å². The Balaban J connectivity index is 2.19. The first-order valence-electron chi connectivity index (χ1n) is 6.07. The third kappa shape index (κ3) is 3.01. The number of halogens is 2. The van der Waals surface area contributed by atoms with Crippen LogP contribution in [0.25, 0.3) is 0 Å². The topological polar surface area (TPSA) is 55.6 Å². The zero-order valence-corrected chi connectivity index (χ0v) is 10.6. The van der Waals surface area contributed by atoms with Crippen molar-refractivity contribution in [3.05, 3.63) is 29.8 Å². The third-order valence-corrected chi connectivity index (χ3v) is 3.29. The van der Waals surface area contributed by atoms with Crippen molar-refractivity contribution in [3.63, 3.8) is 0 Å². The highest BCUT2D eigenvalue weighted by Gasteiger charge is 2.31. The van der Waals surface area contributed by atoms with Crippen LogP contribution < -0.4 is 10.5 Å². The van der Waals surface area contributed by atoms with Crippen molar-refractivity contribution in [3.8, 4) is 5.75 Å². The molecule has 104 valence electrons. The van der Waals surface area contributed by atoms with Crippen molar-refractivity contribution < 1.29 is 18.3 Å². The molecule has 2 atom stereocenters. The number of carbonyl (C=O) groups is 1. The van der Waals surface area contributed by atoms with Crippen molar-refractivity contribution in [2.24, 2.45) is 11.7 Å². The highest BCUT2D eigenvalue weighted by molar-refractivity contribution is 5.97. The Kier molecular flexibility index (Phi) is 3.99. The molecule has 2 unspecified atom stereocenters. The molecule has 19 heavy (non-hydrogen) atoms. The van der Waals surface area contributed by atoms with Crippen LogP contribution in [0.1, 0.15) is 17.3 Å². The fourth-order valence-corrected chi connectivity index (χ4v) is 2.17. The van der Waals surface area contributed by atoms with Gasteiger partial charge in [0.2, 0.25) is 0 Å². The largest absolute Gasteiger partial charge is 0.434 e. The van der Waals surface area contributed by atoms with Crippen molar-refractivity contribution >= 4 is 5.91 Å². The highest BCUT2D eigenvalue weighted by atomic mass is 19.3. The van der Waals surface area contributed by atoms with Gasteiger partial charge in [0.1, 0.15) is 5.75 Å². The van der Waals surface area contributed by atoms with Crippen molar-refractivity contribution in [1.82, 2.24) is 4.90 Å². The van der Waals surface area contributed by atoms with Gasteiger partial charge in [0.05, 0.1) is 5.56 Å². The lowest BCUT2D eigenvalue weighted by atomic mass is 10.1. The monoisotopic (exact) mass is 270 g/mol. The first kappa shape index (κ1) is 13.7. The van der Waals surface area contributed by atoms with Crippen LogP contribution >= 0.6 is 0 Å². The van der Waals surface area contributed by atoms with E-state index in [1.807, 2.05) is 6.92 Å². The molecule has 2 rings (SSSR count). The van der Waals surface area contributed by atoms with Crippen LogP contribution in [0, 0.1) is 5.92 Å². The fourth-order valence-electron chi connectivity index (χ4n) is 2.17. The third-order valence-electron chi connectivity index (χ3n) is 3.29. The van der Waals surface area contributed by atoms with Crippen LogP contribution in [0.4, 0.5) is 8.78 Å². The maximum atomic E-state index is 12.3. The van der Waals surface area contributed by atoms with E-state index in [1.165, 1.54) is 12.1 Å². The van der Waals surface area contributed by atoms with E-state index in [-0.39, 0.29) is 29.2 Å². The smallest absolute Gasteiger partial charge is 0.387 e. The number of hydrogen-bond acceptors (Lipinski definition) is 3. The van der Waals surface area contributed by atoms with Crippen LogP contribution in [-0.4, -0.2) is 36.5 Å². The van der Waals surface area contributed by atoms with Gasteiger partial charge in [-0.3, -0.25) is 4.79 Å². The Bertz CT molecular complexity index is 458. The summed E-state index contributed by atoms with van der Waals surface area (Å²) in [6.07, 6.45) is 0. The van der Waals surface area contributed by atoms with Crippen LogP contribution in [0.3, 0.4) is 0 Å². The molecular formula is C13H16F2N2O2. The van der Waals surface area contributed by atoms with E-state index in [1.54, 1.807) is 17.0 Å². The molecule has 1 aromatic carbocycles. The summed E-state index contributed by atoms with van der Waals surface area (Å²) >= 11 is 0. The van der Waals surface area contributed by atoms with Gasteiger partial charge in [0, 0.05) is 19.1 Å². The summed E-state index contributed by atoms with van der Waals surface area (Å²) in [7, 11) is 0. The average molecular weight is 270 g/mol. The zero-order chi connectivity index (χ0) is 14.0. The summed E-state index contributed by atoms with van der Waals surface area (Å²) in [6.45, 7) is -0.0281. The second kappa shape index (κ2) is 5.52. The van der Waals surface area contributed by atoms with Gasteiger partial charge in [-0.25, -0.2) is 0 Å². The number of alkyl halides is 2. The Morgan fingerprint density at radius 2 is 2.11 bits per heavy atom. The second-order valence-electron chi connectivity index (χ2n) is 4.73. The number of nitrogens with zero attached hydrogens (tertiary/aromatic N) is 1. The zero-order valence-electron chi connectivity index (χ0n) is 10.6. The average Bonchev–Trinajstić information content (AvgIpc) is 2.69. The van der Waals surface area contributed by atoms with E-state index in [9.17, 15) is 13.6 Å². The molecule has 2 N–H and O–H groups in total. The maximum Gasteiger partial charge on any atom is 0.387 e. The summed E-state index contributed by atoms with van der Waals surface area (Å²) in [5, 5.41) is 0. The minimum absolute atomic E-state index is 0.0767. The number of hydrogen-bond donors (Lipinski definition) is 1. The molecule has 0 saturated carbocycles. The van der Waals surface area contributed by atoms with Crippen molar-refractivity contribution in [1.29, 1.82) is 0 Å². The number of amides is 1. The molecule has 1 aliphatic heterocycles. The SMILES string of the molecule is CC1CN(C(=O)c2ccccc2OC(F)F)CC1N. The summed E-state index contributed by atoms with van der Waals surface area (Å²) in [5.41, 5.74) is 6.00. The van der Waals surface area contributed by atoms with E-state index in [0.717, 1.165) is 0 Å². The lowest BCUT2D eigenvalue weighted by Crippen LogP contribution is -2.32. The summed E-state index contributed by atoms with van der Waals surface area (Å²) < 4.78 is 29.0. The number of nitrogens with two attached hydrogens (primary N) is 1. The molecule has 1 saturated heterocycles. The van der Waals surface area contributed by atoms with E-state index in [4.69, 9.17) is 5.73 Å². The van der Waals surface area contributed by atoms with Crippen molar-refractivity contribution in [2.75, 3.05) is 13.1 Å². The predicted octanol–water partition coefficient (Wildman–Crippen LogP) is 1.71. The predicted molar refractivity (Wildman–Crippen MR) is 66.1 cm³/mol. The van der Waals surface area contributed by atoms with Gasteiger partial charge in [-0.05, 0) is 18.1 Å². The van der Waals surface area contributed by atoms with Gasteiger partial charge in [-0.15, -0.1) is 0 Å². The summed E-state index contributed by atoms with van der Waals surface area (Å²) in [4.78, 5) is 13.9. The molecule has 0 aliphatic carbocycles. The molecule has 0 bridgehead atoms. The molecule has 0 aromatic heterocycles. The number of benzene rings is 1. The Hall–Kier alpha value is -1.69. The first-order valence-corrected chi connectivity index (χ1v) is 6.07. The number of likely N-dealkylation sites (tertiary alicyclic amines) is 1. The van der Waals surface area contributed by atoms with Crippen molar-refractivity contribution in [2.45, 2.75) is 19.6 Å². The van der Waals surface area contributed by atoms with Crippen LogP contribution in [0.5, 0.6) is 5.75 Å². The van der Waals surface area contributed by atoms with Crippen LogP contribution in [0.2, 0.25) is 0 Å². The standard InChI is InChI=1S/C13H16F2N2O2/c1-8-6-17(7-10(8)16)12(18)9-4-2-3-5-11(9)19-13(14)15/h2-5,8,10,13H,6-7,16H2,1H3. The van der Waals surface area contributed by atoms with Gasteiger partial charge in [0.15, 0.2) is 0 Å². The maximum absolute atomic E-state index is 12.3. The van der Waals surface area contributed by atoms with Gasteiger partial charge in [-0.2, -0.15) is 8.78 Å². The van der Waals surface area contributed by atoms with Gasteiger partial charge in [-0.1, -0.05) is 19.1 Å². The number of rotatable bonds is 3. The molecule has 1 amide bonds. The first-order chi connectivity index (χ1) is 8.99. The molecule has 0 radical (unpaired) electrons. The number of ether oxygens (including phenoxy) is 1. The van der Waals surface area contributed by atoms with Gasteiger partial charge in [0.25, 0.3) is 5.91 Å². The molecule has 4 nitrogen and oxygen atoms in total. The molecule has 1 aromatic rings. The lowest BCUT2D eigenvalue weighted by molar-refractivity contribution is -0.0502. The Morgan fingerprint density at radius 1 is 1.42 bits per heavy atom. The molecule has 0 spiro atoms. The normalized spacial score (nSPS) is 22.9. The summed E-state index contributed by atoms with van der Waals surface area (Å²) in [5.74, 6) is -0.223. The number of para-hydroxylation sites is 1. The molecular weight excluding hydrogens is 254 g/mol. The van der Waals surface area contributed by atoms with Crippen LogP contribution in [0.15, 0.2) is 24.3 Å². The molecule has 6 heteroatoms. The highest BCUT2D eigenvalue weighted by Crippen LogP contribution is 2.24. The second-order valence-corrected chi connectivity index (χ2v) is 4.73. The van der Waals surface area contributed by atoms with E-state index < -0.39 is 6.61 Å². The van der Waals surface area contributed by atoms with Crippen LogP contribution in [-0.2, 0) is 0 Å². The Morgan fingerprint density at radius 3 is 2.68 bits per heavy atom.